The molecule has 3 heteroatoms. The van der Waals surface area contributed by atoms with Gasteiger partial charge in [0, 0.05) is 29.8 Å². The molecule has 0 spiro atoms. The molecule has 2 fully saturated rings. The van der Waals surface area contributed by atoms with Gasteiger partial charge in [-0.15, -0.1) is 0 Å². The first kappa shape index (κ1) is 11.5. The van der Waals surface area contributed by atoms with E-state index < -0.39 is 0 Å². The second kappa shape index (κ2) is 4.62. The minimum Gasteiger partial charge on any atom is -0.371 e. The zero-order chi connectivity index (χ0) is 11.8. The summed E-state index contributed by atoms with van der Waals surface area (Å²) >= 11 is 3.58. The van der Waals surface area contributed by atoms with Crippen LogP contribution in [0.3, 0.4) is 0 Å². The van der Waals surface area contributed by atoms with E-state index in [4.69, 9.17) is 5.73 Å². The van der Waals surface area contributed by atoms with Gasteiger partial charge in [0.05, 0.1) is 0 Å². The van der Waals surface area contributed by atoms with E-state index in [1.165, 1.54) is 43.6 Å². The van der Waals surface area contributed by atoms with E-state index in [2.05, 4.69) is 39.0 Å². The lowest BCUT2D eigenvalue weighted by Gasteiger charge is -2.20. The van der Waals surface area contributed by atoms with E-state index in [1.54, 1.807) is 0 Å². The molecular formula is C14H19BrN2. The summed E-state index contributed by atoms with van der Waals surface area (Å²) in [4.78, 5) is 2.54. The molecule has 1 aliphatic carbocycles. The van der Waals surface area contributed by atoms with Crippen LogP contribution in [0.1, 0.15) is 24.8 Å². The normalized spacial score (nSPS) is 27.5. The van der Waals surface area contributed by atoms with Gasteiger partial charge in [0.2, 0.25) is 0 Å². The van der Waals surface area contributed by atoms with E-state index in [-0.39, 0.29) is 0 Å². The van der Waals surface area contributed by atoms with Gasteiger partial charge in [-0.1, -0.05) is 22.4 Å². The number of nitrogens with two attached hydrogens (primary N) is 1. The van der Waals surface area contributed by atoms with Crippen LogP contribution in [0, 0.1) is 11.8 Å². The summed E-state index contributed by atoms with van der Waals surface area (Å²) in [6, 6.07) is 6.58. The molecule has 3 rings (SSSR count). The lowest BCUT2D eigenvalue weighted by atomic mass is 10.0. The first-order valence-corrected chi connectivity index (χ1v) is 7.30. The van der Waals surface area contributed by atoms with Crippen molar-refractivity contribution in [2.45, 2.75) is 25.8 Å². The number of hydrogen-bond donors (Lipinski definition) is 1. The van der Waals surface area contributed by atoms with Crippen molar-refractivity contribution in [2.75, 3.05) is 18.0 Å². The van der Waals surface area contributed by atoms with E-state index in [0.29, 0.717) is 6.54 Å². The van der Waals surface area contributed by atoms with Crippen molar-refractivity contribution in [3.05, 3.63) is 28.2 Å². The monoisotopic (exact) mass is 294 g/mol. The molecule has 0 amide bonds. The third-order valence-corrected chi connectivity index (χ3v) is 4.73. The van der Waals surface area contributed by atoms with Crippen LogP contribution < -0.4 is 10.6 Å². The fourth-order valence-corrected chi connectivity index (χ4v) is 3.91. The topological polar surface area (TPSA) is 29.3 Å². The quantitative estimate of drug-likeness (QED) is 0.908. The van der Waals surface area contributed by atoms with Crippen LogP contribution in [0.2, 0.25) is 0 Å². The molecule has 2 unspecified atom stereocenters. The number of benzene rings is 1. The summed E-state index contributed by atoms with van der Waals surface area (Å²) in [6.07, 6.45) is 4.30. The van der Waals surface area contributed by atoms with Gasteiger partial charge >= 0.3 is 0 Å². The maximum Gasteiger partial charge on any atom is 0.0380 e. The average Bonchev–Trinajstić information content (AvgIpc) is 2.88. The van der Waals surface area contributed by atoms with Gasteiger partial charge in [-0.25, -0.2) is 0 Å². The Hall–Kier alpha value is -0.540. The summed E-state index contributed by atoms with van der Waals surface area (Å²) in [6.45, 7) is 3.10. The molecule has 1 aromatic carbocycles. The highest BCUT2D eigenvalue weighted by Gasteiger charge is 2.36. The van der Waals surface area contributed by atoms with Crippen LogP contribution >= 0.6 is 15.9 Å². The molecule has 0 bridgehead atoms. The third kappa shape index (κ3) is 2.23. The van der Waals surface area contributed by atoms with Crippen LogP contribution in [0.5, 0.6) is 0 Å². The Morgan fingerprint density at radius 1 is 1.18 bits per heavy atom. The van der Waals surface area contributed by atoms with Crippen molar-refractivity contribution in [1.82, 2.24) is 0 Å². The molecule has 0 radical (unpaired) electrons. The van der Waals surface area contributed by atoms with Crippen molar-refractivity contribution < 1.29 is 0 Å². The number of rotatable bonds is 2. The standard InChI is InChI=1S/C14H19BrN2/c15-13-4-10(7-16)5-14(6-13)17-8-11-2-1-3-12(11)9-17/h4-6,11-12H,1-3,7-9,16H2. The molecule has 2 nitrogen and oxygen atoms in total. The Morgan fingerprint density at radius 3 is 2.53 bits per heavy atom. The Kier molecular flexibility index (Phi) is 3.14. The summed E-state index contributed by atoms with van der Waals surface area (Å²) in [5, 5.41) is 0. The van der Waals surface area contributed by atoms with E-state index in [9.17, 15) is 0 Å². The minimum atomic E-state index is 0.618. The second-order valence-electron chi connectivity index (χ2n) is 5.38. The first-order valence-electron chi connectivity index (χ1n) is 6.51. The SMILES string of the molecule is NCc1cc(Br)cc(N2CC3CCCC3C2)c1. The molecule has 1 saturated heterocycles. The van der Waals surface area contributed by atoms with Crippen LogP contribution in [-0.4, -0.2) is 13.1 Å². The highest BCUT2D eigenvalue weighted by molar-refractivity contribution is 9.10. The fraction of sp³-hybridized carbons (Fsp3) is 0.571. The van der Waals surface area contributed by atoms with E-state index in [0.717, 1.165) is 16.3 Å². The molecule has 17 heavy (non-hydrogen) atoms. The maximum absolute atomic E-state index is 5.74. The number of nitrogens with zero attached hydrogens (tertiary/aromatic N) is 1. The third-order valence-electron chi connectivity index (χ3n) is 4.27. The largest absolute Gasteiger partial charge is 0.371 e. The molecule has 1 saturated carbocycles. The summed E-state index contributed by atoms with van der Waals surface area (Å²) < 4.78 is 1.15. The predicted octanol–water partition coefficient (Wildman–Crippen LogP) is 3.14. The van der Waals surface area contributed by atoms with Gasteiger partial charge in [0.1, 0.15) is 0 Å². The second-order valence-corrected chi connectivity index (χ2v) is 6.29. The van der Waals surface area contributed by atoms with Crippen LogP contribution in [0.4, 0.5) is 5.69 Å². The number of anilines is 1. The van der Waals surface area contributed by atoms with Gasteiger partial charge in [0.15, 0.2) is 0 Å². The van der Waals surface area contributed by atoms with Crippen LogP contribution in [0.15, 0.2) is 22.7 Å². The molecule has 1 aliphatic heterocycles. The number of hydrogen-bond acceptors (Lipinski definition) is 2. The van der Waals surface area contributed by atoms with Gasteiger partial charge in [0.25, 0.3) is 0 Å². The zero-order valence-corrected chi connectivity index (χ0v) is 11.6. The zero-order valence-electron chi connectivity index (χ0n) is 10.0. The molecule has 1 aromatic rings. The van der Waals surface area contributed by atoms with Gasteiger partial charge in [-0.2, -0.15) is 0 Å². The van der Waals surface area contributed by atoms with Crippen LogP contribution in [0.25, 0.3) is 0 Å². The Bertz CT molecular complexity index is 407. The Balaban J connectivity index is 1.82. The number of halogens is 1. The van der Waals surface area contributed by atoms with Gasteiger partial charge in [-0.3, -0.25) is 0 Å². The Morgan fingerprint density at radius 2 is 1.88 bits per heavy atom. The highest BCUT2D eigenvalue weighted by Crippen LogP contribution is 2.40. The van der Waals surface area contributed by atoms with Crippen LogP contribution in [-0.2, 0) is 6.54 Å². The van der Waals surface area contributed by atoms with Crippen molar-refractivity contribution in [1.29, 1.82) is 0 Å². The van der Waals surface area contributed by atoms with Crippen molar-refractivity contribution in [3.63, 3.8) is 0 Å². The lowest BCUT2D eigenvalue weighted by molar-refractivity contribution is 0.494. The van der Waals surface area contributed by atoms with E-state index >= 15 is 0 Å². The minimum absolute atomic E-state index is 0.618. The Labute approximate surface area is 111 Å². The van der Waals surface area contributed by atoms with Gasteiger partial charge < -0.3 is 10.6 Å². The summed E-state index contributed by atoms with van der Waals surface area (Å²) in [5.41, 5.74) is 8.30. The smallest absolute Gasteiger partial charge is 0.0380 e. The molecule has 2 N–H and O–H groups in total. The lowest BCUT2D eigenvalue weighted by Crippen LogP contribution is -2.20. The van der Waals surface area contributed by atoms with Crippen molar-refractivity contribution in [3.8, 4) is 0 Å². The molecule has 0 aromatic heterocycles. The van der Waals surface area contributed by atoms with Crippen molar-refractivity contribution in [2.24, 2.45) is 17.6 Å². The summed E-state index contributed by atoms with van der Waals surface area (Å²) in [7, 11) is 0. The van der Waals surface area contributed by atoms with E-state index in [1.807, 2.05) is 0 Å². The molecule has 2 aliphatic rings. The molecule has 1 heterocycles. The highest BCUT2D eigenvalue weighted by atomic mass is 79.9. The maximum atomic E-state index is 5.74. The molecular weight excluding hydrogens is 276 g/mol. The van der Waals surface area contributed by atoms with Gasteiger partial charge in [-0.05, 0) is 48.4 Å². The summed E-state index contributed by atoms with van der Waals surface area (Å²) in [5.74, 6) is 1.88. The predicted molar refractivity (Wildman–Crippen MR) is 75.1 cm³/mol. The molecule has 92 valence electrons. The number of fused-ring (bicyclic) bond motifs is 1. The molecule has 2 atom stereocenters. The fourth-order valence-electron chi connectivity index (χ4n) is 3.38. The first-order chi connectivity index (χ1) is 8.26. The van der Waals surface area contributed by atoms with Crippen molar-refractivity contribution >= 4 is 21.6 Å². The average molecular weight is 295 g/mol.